The molecule has 0 atom stereocenters. The van der Waals surface area contributed by atoms with Gasteiger partial charge in [-0.3, -0.25) is 39.4 Å². The summed E-state index contributed by atoms with van der Waals surface area (Å²) in [5.74, 6) is -0.394. The molecule has 1 saturated heterocycles. The second-order valence-electron chi connectivity index (χ2n) is 14.5. The van der Waals surface area contributed by atoms with Gasteiger partial charge in [0.1, 0.15) is 4.90 Å². The number of phenolic OH excluding ortho intramolecular Hbond substituents is 1. The Morgan fingerprint density at radius 1 is 0.553 bits per heavy atom. The number of amides is 4. The van der Waals surface area contributed by atoms with Crippen LogP contribution in [0.2, 0.25) is 15.1 Å². The maximum Gasteiger partial charge on any atom is 0.314 e. The standard InChI is InChI=1S/C8H5ClN2O4.C8H7ClN2O2.C8H6ClNO4S.C8H8N2O2.C6H5ClN2O3.C4H8O.2CH4.CH3.Pd/c9-4-1-5-8(6(2-4)11(13)14)15-3-7(12)10-5;9-4-1-5(10)8-6(2-4)11-7(12)3-13-8;9-15(12,13)6-3-1-2-5-8(6)14-4-7(11)10-5;9-5-2-1-3-6-8(5)12-4-7(11)10-6;7-3-1-4(8)6(10)5(2-3)9(11)12;1-2-4-5-3-1;;;;/h1-2H,3H2,(H,10,12);1-2H,3,10H2,(H,11,12);1-3H,4H2,(H,10,11);1-3H,4,9H2,(H,10,11);1-2,10H,8H2;1-4H2;2*1H4;1H3;/q;;;;;;;;-1;. The SMILES string of the molecule is C.C.C1CCOC1.Nc1cc(Cl)cc([N+](=O)[O-])c1O.Nc1cc(Cl)cc2c1OCC(=O)N2.Nc1cccc2c1OCC(=O)N2.O=C1COc2c(cc(Cl)cc2[N+](=O)[O-])N1.O=C1COc2c(cccc2S(=O)(=O)Cl)N1.[CH3-].[Pd]. The van der Waals surface area contributed by atoms with Crippen molar-refractivity contribution in [1.29, 1.82) is 0 Å². The minimum absolute atomic E-state index is 0. The van der Waals surface area contributed by atoms with Gasteiger partial charge in [-0.25, -0.2) is 8.42 Å². The van der Waals surface area contributed by atoms with Gasteiger partial charge in [-0.15, -0.1) is 0 Å². The third kappa shape index (κ3) is 18.9. The zero-order valence-electron chi connectivity index (χ0n) is 38.0. The molecule has 5 heterocycles. The molecule has 0 saturated carbocycles. The number of nitrogens with two attached hydrogens (primary N) is 3. The van der Waals surface area contributed by atoms with E-state index in [4.69, 9.17) is 91.5 Å². The zero-order chi connectivity index (χ0) is 52.9. The minimum atomic E-state index is -3.87. The van der Waals surface area contributed by atoms with Crippen LogP contribution >= 0.6 is 45.5 Å². The maximum atomic E-state index is 11.2. The third-order valence-electron chi connectivity index (χ3n) is 9.20. The molecular weight excluding hydrogens is 1200 g/mol. The van der Waals surface area contributed by atoms with E-state index in [0.29, 0.717) is 45.0 Å². The molecule has 76 heavy (non-hydrogen) atoms. The number of halogens is 4. The number of nitrogen functional groups attached to an aromatic ring is 3. The molecule has 5 aliphatic heterocycles. The van der Waals surface area contributed by atoms with E-state index in [2.05, 4.69) is 21.3 Å². The van der Waals surface area contributed by atoms with Crippen molar-refractivity contribution in [3.8, 4) is 28.7 Å². The molecule has 5 aromatic carbocycles. The maximum absolute atomic E-state index is 11.2. The monoisotopic (exact) mass is 1250 g/mol. The van der Waals surface area contributed by atoms with Crippen molar-refractivity contribution in [2.24, 2.45) is 0 Å². The van der Waals surface area contributed by atoms with Gasteiger partial charge in [0.05, 0.1) is 49.7 Å². The van der Waals surface area contributed by atoms with Crippen molar-refractivity contribution in [3.63, 3.8) is 0 Å². The van der Waals surface area contributed by atoms with Crippen LogP contribution in [0.5, 0.6) is 28.7 Å². The number of nitrogens with zero attached hydrogens (tertiary/aromatic N) is 2. The van der Waals surface area contributed by atoms with Crippen LogP contribution in [-0.2, 0) is 53.4 Å². The van der Waals surface area contributed by atoms with Gasteiger partial charge in [0.25, 0.3) is 32.7 Å². The number of nitro benzene ring substituents is 2. The number of phenols is 1. The molecule has 416 valence electrons. The summed E-state index contributed by atoms with van der Waals surface area (Å²) < 4.78 is 47.5. The molecule has 0 unspecified atom stereocenters. The number of fused-ring (bicyclic) bond motifs is 4. The van der Waals surface area contributed by atoms with Crippen molar-refractivity contribution in [3.05, 3.63) is 116 Å². The fourth-order valence-electron chi connectivity index (χ4n) is 6.15. The van der Waals surface area contributed by atoms with Gasteiger partial charge >= 0.3 is 11.4 Å². The van der Waals surface area contributed by atoms with Crippen molar-refractivity contribution in [2.45, 2.75) is 32.6 Å². The first kappa shape index (κ1) is 66.9. The molecule has 1 fully saturated rings. The number of nitrogens with one attached hydrogen (secondary N) is 4. The number of ether oxygens (including phenoxy) is 5. The minimum Gasteiger partial charge on any atom is -0.501 e. The molecule has 5 aliphatic rings. The third-order valence-corrected chi connectivity index (χ3v) is 11.2. The van der Waals surface area contributed by atoms with Crippen molar-refractivity contribution < 1.29 is 86.7 Å². The number of nitro groups is 2. The Bertz CT molecular complexity index is 3040. The van der Waals surface area contributed by atoms with Crippen LogP contribution in [-0.4, -0.2) is 86.6 Å². The number of hydrogen-bond acceptors (Lipinski definition) is 19. The normalized spacial score (nSPS) is 13.6. The summed E-state index contributed by atoms with van der Waals surface area (Å²) in [5.41, 5.74) is 18.3. The number of benzene rings is 5. The zero-order valence-corrected chi connectivity index (χ0v) is 43.4. The molecule has 0 bridgehead atoms. The van der Waals surface area contributed by atoms with Crippen molar-refractivity contribution in [1.82, 2.24) is 0 Å². The molecule has 4 amide bonds. The molecule has 31 heteroatoms. The topological polar surface area (TPSA) is 381 Å². The van der Waals surface area contributed by atoms with Crippen molar-refractivity contribution in [2.75, 3.05) is 78.1 Å². The summed E-state index contributed by atoms with van der Waals surface area (Å²) in [6, 6.07) is 17.6. The fourth-order valence-corrected chi connectivity index (χ4v) is 7.80. The van der Waals surface area contributed by atoms with Crippen LogP contribution in [0, 0.1) is 27.7 Å². The Labute approximate surface area is 468 Å². The van der Waals surface area contributed by atoms with Crippen LogP contribution in [0.25, 0.3) is 0 Å². The van der Waals surface area contributed by atoms with E-state index in [9.17, 15) is 47.8 Å². The number of carbonyl (C=O) groups excluding carboxylic acids is 4. The number of aromatic hydroxyl groups is 1. The Morgan fingerprint density at radius 3 is 1.41 bits per heavy atom. The molecule has 11 N–H and O–H groups in total. The van der Waals surface area contributed by atoms with Crippen LogP contribution < -0.4 is 57.4 Å². The molecule has 0 radical (unpaired) electrons. The van der Waals surface area contributed by atoms with Crippen molar-refractivity contribution >= 4 is 129 Å². The number of anilines is 7. The molecule has 10 rings (SSSR count). The van der Waals surface area contributed by atoms with Gasteiger partial charge in [0.2, 0.25) is 11.5 Å². The molecule has 0 aliphatic carbocycles. The summed E-state index contributed by atoms with van der Waals surface area (Å²) in [5, 5.41) is 41.0. The summed E-state index contributed by atoms with van der Waals surface area (Å²) >= 11 is 16.9. The number of rotatable bonds is 3. The van der Waals surface area contributed by atoms with Gasteiger partial charge in [-0.05, 0) is 61.4 Å². The Hall–Kier alpha value is -7.09. The van der Waals surface area contributed by atoms with Gasteiger partial charge in [0.15, 0.2) is 43.7 Å². The smallest absolute Gasteiger partial charge is 0.314 e. The predicted octanol–water partition coefficient (Wildman–Crippen LogP) is 8.43. The fraction of sp³-hybridized carbons (Fsp3) is 0.222. The molecular formula is C45H50Cl4N9O16PdS-. The second-order valence-corrected chi connectivity index (χ2v) is 18.4. The van der Waals surface area contributed by atoms with Crippen LogP contribution in [0.3, 0.4) is 0 Å². The van der Waals surface area contributed by atoms with E-state index in [0.717, 1.165) is 19.3 Å². The second kappa shape index (κ2) is 30.5. The quantitative estimate of drug-likeness (QED) is 0.0160. The predicted molar refractivity (Wildman–Crippen MR) is 285 cm³/mol. The van der Waals surface area contributed by atoms with Crippen LogP contribution in [0.4, 0.5) is 51.2 Å². The first-order valence-electron chi connectivity index (χ1n) is 20.3. The Morgan fingerprint density at radius 2 is 0.934 bits per heavy atom. The van der Waals surface area contributed by atoms with E-state index in [1.807, 2.05) is 0 Å². The summed E-state index contributed by atoms with van der Waals surface area (Å²) in [7, 11) is 1.35. The van der Waals surface area contributed by atoms with E-state index in [1.54, 1.807) is 30.3 Å². The van der Waals surface area contributed by atoms with Gasteiger partial charge < -0.3 is 74.7 Å². The summed E-state index contributed by atoms with van der Waals surface area (Å²) in [6.45, 7) is 1.60. The summed E-state index contributed by atoms with van der Waals surface area (Å²) in [4.78, 5) is 63.1. The summed E-state index contributed by atoms with van der Waals surface area (Å²) in [6.07, 6.45) is 2.56. The molecule has 25 nitrogen and oxygen atoms in total. The Kier molecular flexibility index (Phi) is 26.8. The van der Waals surface area contributed by atoms with Crippen LogP contribution in [0.1, 0.15) is 27.7 Å². The number of carbonyl (C=O) groups is 4. The molecule has 0 aromatic heterocycles. The first-order chi connectivity index (χ1) is 34.0. The average molecular weight is 1250 g/mol. The number of para-hydroxylation sites is 2. The van der Waals surface area contributed by atoms with E-state index in [1.165, 1.54) is 49.2 Å². The molecule has 0 spiro atoms. The van der Waals surface area contributed by atoms with Crippen LogP contribution in [0.15, 0.2) is 77.7 Å². The van der Waals surface area contributed by atoms with E-state index in [-0.39, 0.29) is 136 Å². The Balaban J connectivity index is 0.000000459. The van der Waals surface area contributed by atoms with Gasteiger partial charge in [-0.1, -0.05) is 61.8 Å². The van der Waals surface area contributed by atoms with Gasteiger partial charge in [0, 0.05) is 71.5 Å². The average Bonchev–Trinajstić information content (AvgIpc) is 3.91. The molecule has 5 aromatic rings. The first-order valence-corrected chi connectivity index (χ1v) is 23.7. The number of hydrogen-bond donors (Lipinski definition) is 8. The van der Waals surface area contributed by atoms with E-state index >= 15 is 0 Å². The van der Waals surface area contributed by atoms with Gasteiger partial charge in [-0.2, -0.15) is 0 Å². The van der Waals surface area contributed by atoms with E-state index < -0.39 is 30.3 Å². The largest absolute Gasteiger partial charge is 0.501 e.